The van der Waals surface area contributed by atoms with E-state index in [9.17, 15) is 4.57 Å². The van der Waals surface area contributed by atoms with E-state index in [0.717, 1.165) is 16.4 Å². The van der Waals surface area contributed by atoms with Crippen LogP contribution in [0.25, 0.3) is 87.6 Å². The summed E-state index contributed by atoms with van der Waals surface area (Å²) in [5, 5.41) is 11.9. The summed E-state index contributed by atoms with van der Waals surface area (Å²) >= 11 is 0. The average Bonchev–Trinajstić information content (AvgIpc) is 3.18. The molecule has 9 aromatic carbocycles. The van der Waals surface area contributed by atoms with Crippen molar-refractivity contribution < 1.29 is 4.57 Å². The lowest BCUT2D eigenvalue weighted by Crippen LogP contribution is -2.02. The molecule has 3 heteroatoms. The van der Waals surface area contributed by atoms with Gasteiger partial charge in [-0.25, -0.2) is 0 Å². The van der Waals surface area contributed by atoms with Gasteiger partial charge in [0.1, 0.15) is 7.14 Å². The predicted octanol–water partition coefficient (Wildman–Crippen LogP) is 13.5. The Kier molecular flexibility index (Phi) is 8.35. The van der Waals surface area contributed by atoms with Crippen molar-refractivity contribution in [2.75, 3.05) is 26.7 Å². The highest BCUT2D eigenvalue weighted by molar-refractivity contribution is 7.79. The van der Waals surface area contributed by atoms with Crippen LogP contribution in [0.5, 0.6) is 0 Å². The van der Waals surface area contributed by atoms with E-state index in [4.69, 9.17) is 0 Å². The zero-order valence-corrected chi connectivity index (χ0v) is 33.0. The Hall–Kier alpha value is -5.45. The third-order valence-electron chi connectivity index (χ3n) is 10.9. The molecule has 0 spiro atoms. The zero-order valence-electron chi connectivity index (χ0n) is 31.2. The summed E-state index contributed by atoms with van der Waals surface area (Å²) in [4.78, 5) is 0. The van der Waals surface area contributed by atoms with Crippen LogP contribution in [0.2, 0.25) is 0 Å². The SMILES string of the molecule is C=P(C)(C)c1cccc(-c2ccc3c(-c4ccc5ccccc5c4)c4cc(-c5cccc(P(C)(C)=O)c5)ccc4c(-c4ccc5ccccc5c4)c3c2)c1. The molecule has 0 unspecified atom stereocenters. The van der Waals surface area contributed by atoms with Gasteiger partial charge in [0.15, 0.2) is 0 Å². The summed E-state index contributed by atoms with van der Waals surface area (Å²) in [5.41, 5.74) is 9.41. The summed E-state index contributed by atoms with van der Waals surface area (Å²) in [7, 11) is -2.44. The van der Waals surface area contributed by atoms with Crippen LogP contribution in [0.3, 0.4) is 0 Å². The minimum atomic E-state index is -2.44. The first-order chi connectivity index (χ1) is 26.0. The molecule has 0 heterocycles. The molecule has 262 valence electrons. The molecule has 0 radical (unpaired) electrons. The lowest BCUT2D eigenvalue weighted by atomic mass is 9.83. The lowest BCUT2D eigenvalue weighted by Gasteiger charge is -2.21. The molecule has 0 saturated heterocycles. The van der Waals surface area contributed by atoms with Crippen LogP contribution in [0.1, 0.15) is 0 Å². The second-order valence-corrected chi connectivity index (χ2v) is 22.6. The summed E-state index contributed by atoms with van der Waals surface area (Å²) in [6, 6.07) is 62.2. The molecular formula is C51H42OP2. The summed E-state index contributed by atoms with van der Waals surface area (Å²) in [6.45, 7) is 6.79. The van der Waals surface area contributed by atoms with Crippen LogP contribution >= 0.6 is 14.0 Å². The molecule has 0 atom stereocenters. The van der Waals surface area contributed by atoms with Gasteiger partial charge in [-0.15, -0.1) is 0 Å². The molecule has 0 aliphatic heterocycles. The molecule has 0 aromatic heterocycles. The fraction of sp³-hybridized carbons (Fsp3) is 0.0784. The normalized spacial score (nSPS) is 12.2. The molecule has 54 heavy (non-hydrogen) atoms. The fourth-order valence-corrected chi connectivity index (χ4v) is 9.85. The maximum Gasteiger partial charge on any atom is 0.109 e. The van der Waals surface area contributed by atoms with E-state index in [0.29, 0.717) is 0 Å². The van der Waals surface area contributed by atoms with Gasteiger partial charge in [-0.2, -0.15) is 0 Å². The van der Waals surface area contributed by atoms with Crippen molar-refractivity contribution in [1.29, 1.82) is 0 Å². The smallest absolute Gasteiger partial charge is 0.109 e. The number of rotatable bonds is 6. The highest BCUT2D eigenvalue weighted by Gasteiger charge is 2.20. The molecule has 0 aliphatic carbocycles. The maximum atomic E-state index is 13.2. The van der Waals surface area contributed by atoms with Gasteiger partial charge >= 0.3 is 0 Å². The number of hydrogen-bond acceptors (Lipinski definition) is 1. The van der Waals surface area contributed by atoms with Crippen molar-refractivity contribution in [2.24, 2.45) is 0 Å². The van der Waals surface area contributed by atoms with Crippen molar-refractivity contribution in [3.8, 4) is 44.5 Å². The lowest BCUT2D eigenvalue weighted by molar-refractivity contribution is 0.588. The van der Waals surface area contributed by atoms with E-state index in [1.54, 1.807) is 0 Å². The van der Waals surface area contributed by atoms with Gasteiger partial charge in [0.25, 0.3) is 0 Å². The Balaban J connectivity index is 1.41. The summed E-state index contributed by atoms with van der Waals surface area (Å²) in [6.07, 6.45) is 4.55. The number of hydrogen-bond donors (Lipinski definition) is 0. The largest absolute Gasteiger partial charge is 0.319 e. The van der Waals surface area contributed by atoms with Gasteiger partial charge in [-0.05, 0) is 156 Å². The Morgan fingerprint density at radius 1 is 0.352 bits per heavy atom. The molecular weight excluding hydrogens is 691 g/mol. The minimum absolute atomic E-state index is 0.895. The van der Waals surface area contributed by atoms with Gasteiger partial charge < -0.3 is 4.57 Å². The molecule has 0 bridgehead atoms. The Morgan fingerprint density at radius 2 is 0.759 bits per heavy atom. The van der Waals surface area contributed by atoms with E-state index in [1.165, 1.54) is 81.8 Å². The van der Waals surface area contributed by atoms with Crippen LogP contribution in [0.15, 0.2) is 170 Å². The second kappa shape index (κ2) is 13.1. The predicted molar refractivity (Wildman–Crippen MR) is 243 cm³/mol. The van der Waals surface area contributed by atoms with Gasteiger partial charge in [-0.3, -0.25) is 0 Å². The second-order valence-electron chi connectivity index (χ2n) is 15.5. The van der Waals surface area contributed by atoms with Crippen LogP contribution < -0.4 is 10.6 Å². The quantitative estimate of drug-likeness (QED) is 0.123. The number of fused-ring (bicyclic) bond motifs is 4. The van der Waals surface area contributed by atoms with Crippen molar-refractivity contribution in [3.63, 3.8) is 0 Å². The van der Waals surface area contributed by atoms with E-state index in [1.807, 2.05) is 25.5 Å². The molecule has 0 fully saturated rings. The molecule has 0 N–H and O–H groups in total. The topological polar surface area (TPSA) is 17.1 Å². The first-order valence-electron chi connectivity index (χ1n) is 18.5. The zero-order chi connectivity index (χ0) is 37.2. The van der Waals surface area contributed by atoms with Crippen molar-refractivity contribution in [2.45, 2.75) is 0 Å². The van der Waals surface area contributed by atoms with E-state index < -0.39 is 14.0 Å². The molecule has 0 aliphatic rings. The van der Waals surface area contributed by atoms with Gasteiger partial charge in [0.2, 0.25) is 0 Å². The van der Waals surface area contributed by atoms with Crippen molar-refractivity contribution in [1.82, 2.24) is 0 Å². The van der Waals surface area contributed by atoms with Gasteiger partial charge in [0, 0.05) is 5.30 Å². The molecule has 0 saturated carbocycles. The van der Waals surface area contributed by atoms with E-state index in [-0.39, 0.29) is 0 Å². The monoisotopic (exact) mass is 732 g/mol. The third-order valence-corrected chi connectivity index (χ3v) is 14.1. The fourth-order valence-electron chi connectivity index (χ4n) is 7.98. The molecule has 9 rings (SSSR count). The Morgan fingerprint density at radius 3 is 1.22 bits per heavy atom. The van der Waals surface area contributed by atoms with Crippen molar-refractivity contribution >= 4 is 74.0 Å². The van der Waals surface area contributed by atoms with Crippen molar-refractivity contribution in [3.05, 3.63) is 170 Å². The van der Waals surface area contributed by atoms with Gasteiger partial charge in [-0.1, -0.05) is 147 Å². The molecule has 1 nitrogen and oxygen atoms in total. The first-order valence-corrected chi connectivity index (χ1v) is 24.0. The summed E-state index contributed by atoms with van der Waals surface area (Å²) in [5.74, 6) is 0. The van der Waals surface area contributed by atoms with Crippen LogP contribution in [-0.4, -0.2) is 33.0 Å². The van der Waals surface area contributed by atoms with E-state index >= 15 is 0 Å². The maximum absolute atomic E-state index is 13.2. The molecule has 0 amide bonds. The van der Waals surface area contributed by atoms with Crippen LogP contribution in [0, 0.1) is 0 Å². The van der Waals surface area contributed by atoms with Crippen LogP contribution in [-0.2, 0) is 4.57 Å². The highest BCUT2D eigenvalue weighted by atomic mass is 31.2. The molecule has 9 aromatic rings. The van der Waals surface area contributed by atoms with Crippen LogP contribution in [0.4, 0.5) is 0 Å². The Labute approximate surface area is 318 Å². The Bertz CT molecular complexity index is 2840. The standard InChI is InChI=1S/C51H42OP2/c1-53(2,3)44-18-10-16-38(30-44)40-24-26-46-48(32-40)50(42-22-20-34-12-6-8-14-36(34)28-42)47-27-25-41(39-17-11-19-45(31-39)54(4,5)52)33-49(47)51(46)43-23-21-35-13-7-9-15-37(35)29-43/h6-33H,1H2,2-5H3. The number of benzene rings is 9. The average molecular weight is 733 g/mol. The van der Waals surface area contributed by atoms with Gasteiger partial charge in [0.05, 0.1) is 0 Å². The minimum Gasteiger partial charge on any atom is -0.319 e. The third kappa shape index (κ3) is 6.23. The highest BCUT2D eigenvalue weighted by Crippen LogP contribution is 2.47. The summed E-state index contributed by atoms with van der Waals surface area (Å²) < 4.78 is 13.2. The van der Waals surface area contributed by atoms with E-state index in [2.05, 4.69) is 177 Å². The first kappa shape index (κ1) is 34.3.